The van der Waals surface area contributed by atoms with Crippen molar-refractivity contribution in [2.45, 2.75) is 36.1 Å². The Morgan fingerprint density at radius 1 is 1.39 bits per heavy atom. The van der Waals surface area contributed by atoms with E-state index < -0.39 is 15.6 Å². The average Bonchev–Trinajstić information content (AvgIpc) is 2.55. The number of quaternary nitrogens is 1. The van der Waals surface area contributed by atoms with Crippen molar-refractivity contribution >= 4 is 22.7 Å². The maximum atomic E-state index is 10.7. The maximum Gasteiger partial charge on any atom is 0.485 e. The number of nitrogens with zero attached hydrogens (tertiary/aromatic N) is 1. The molecule has 0 radical (unpaired) electrons. The number of hydrogen-bond acceptors (Lipinski definition) is 4. The second kappa shape index (κ2) is 5.18. The molecule has 0 spiro atoms. The lowest BCUT2D eigenvalue weighted by Crippen LogP contribution is -2.43. The van der Waals surface area contributed by atoms with Crippen molar-refractivity contribution in [3.63, 3.8) is 0 Å². The summed E-state index contributed by atoms with van der Waals surface area (Å²) in [7, 11) is -3.69. The molecule has 3 atom stereocenters. The summed E-state index contributed by atoms with van der Waals surface area (Å²) in [5, 5.41) is 0.690. The molecular formula is C9H16F3NO3S2. The van der Waals surface area contributed by atoms with Crippen LogP contribution in [0.4, 0.5) is 13.2 Å². The molecule has 2 aliphatic heterocycles. The van der Waals surface area contributed by atoms with Crippen LogP contribution in [0.1, 0.15) is 19.3 Å². The Labute approximate surface area is 110 Å². The number of hydrogen-bond donors (Lipinski definition) is 1. The maximum absolute atomic E-state index is 10.7. The van der Waals surface area contributed by atoms with Crippen LogP contribution in [0.2, 0.25) is 0 Å². The molecule has 3 unspecified atom stereocenters. The van der Waals surface area contributed by atoms with Gasteiger partial charge in [0.1, 0.15) is 0 Å². The summed E-state index contributed by atoms with van der Waals surface area (Å²) in [6.07, 6.45) is 4.26. The highest BCUT2D eigenvalue weighted by Crippen LogP contribution is 2.36. The highest BCUT2D eigenvalue weighted by Gasteiger charge is 2.45. The summed E-state index contributed by atoms with van der Waals surface area (Å²) in [6, 6.07) is 0.961. The number of fused-ring (bicyclic) bond motifs is 1. The van der Waals surface area contributed by atoms with Crippen molar-refractivity contribution in [1.82, 2.24) is 0 Å². The molecule has 0 bridgehead atoms. The zero-order valence-corrected chi connectivity index (χ0v) is 11.6. The van der Waals surface area contributed by atoms with Gasteiger partial charge in [-0.05, 0) is 0 Å². The Bertz CT molecular complexity index is 398. The molecule has 4 nitrogen and oxygen atoms in total. The van der Waals surface area contributed by atoms with Crippen molar-refractivity contribution < 1.29 is 30.6 Å². The Morgan fingerprint density at radius 3 is 2.28 bits per heavy atom. The molecular weight excluding hydrogens is 291 g/mol. The van der Waals surface area contributed by atoms with E-state index in [-0.39, 0.29) is 0 Å². The van der Waals surface area contributed by atoms with Crippen molar-refractivity contribution in [1.29, 1.82) is 0 Å². The molecule has 2 aliphatic rings. The van der Waals surface area contributed by atoms with Crippen molar-refractivity contribution in [2.75, 3.05) is 20.1 Å². The first kappa shape index (κ1) is 16.1. The summed E-state index contributed by atoms with van der Waals surface area (Å²) < 4.78 is 60.2. The second-order valence-corrected chi connectivity index (χ2v) is 7.07. The molecule has 18 heavy (non-hydrogen) atoms. The molecule has 0 aromatic carbocycles. The minimum Gasteiger partial charge on any atom is -0.741 e. The molecule has 2 heterocycles. The lowest BCUT2D eigenvalue weighted by Gasteiger charge is -2.29. The van der Waals surface area contributed by atoms with Crippen LogP contribution in [0, 0.1) is 0 Å². The van der Waals surface area contributed by atoms with Crippen molar-refractivity contribution in [3.05, 3.63) is 0 Å². The predicted octanol–water partition coefficient (Wildman–Crippen LogP) is 1.35. The third kappa shape index (κ3) is 3.75. The highest BCUT2D eigenvalue weighted by molar-refractivity contribution is 7.86. The quantitative estimate of drug-likeness (QED) is 0.318. The van der Waals surface area contributed by atoms with E-state index in [0.717, 1.165) is 6.04 Å². The van der Waals surface area contributed by atoms with Crippen LogP contribution in [0.15, 0.2) is 0 Å². The van der Waals surface area contributed by atoms with Gasteiger partial charge in [-0.2, -0.15) is 25.8 Å². The van der Waals surface area contributed by atoms with E-state index in [1.54, 1.807) is 0 Å². The van der Waals surface area contributed by atoms with Crippen LogP contribution < -0.4 is 0 Å². The summed E-state index contributed by atoms with van der Waals surface area (Å²) in [4.78, 5) is 0. The molecule has 2 fully saturated rings. The minimum absolute atomic E-state index is 0.690. The summed E-state index contributed by atoms with van der Waals surface area (Å²) in [5.74, 6) is 0. The molecule has 2 rings (SSSR count). The number of thiol groups is 1. The van der Waals surface area contributed by atoms with Crippen LogP contribution in [-0.2, 0) is 10.1 Å². The molecule has 2 saturated heterocycles. The van der Waals surface area contributed by atoms with Gasteiger partial charge in [0.15, 0.2) is 10.1 Å². The van der Waals surface area contributed by atoms with E-state index in [2.05, 4.69) is 19.7 Å². The fourth-order valence-electron chi connectivity index (χ4n) is 2.67. The molecule has 9 heteroatoms. The molecule has 0 aliphatic carbocycles. The molecule has 0 N–H and O–H groups in total. The van der Waals surface area contributed by atoms with E-state index in [9.17, 15) is 13.2 Å². The first-order valence-corrected chi connectivity index (χ1v) is 7.42. The molecule has 0 aromatic heterocycles. The normalized spacial score (nSPS) is 35.9. The van der Waals surface area contributed by atoms with Gasteiger partial charge in [-0.1, -0.05) is 0 Å². The van der Waals surface area contributed by atoms with E-state index in [0.29, 0.717) is 5.25 Å². The molecule has 0 amide bonds. The van der Waals surface area contributed by atoms with Gasteiger partial charge in [0.05, 0.1) is 31.4 Å². The van der Waals surface area contributed by atoms with Gasteiger partial charge in [-0.15, -0.1) is 0 Å². The number of alkyl halides is 3. The van der Waals surface area contributed by atoms with Gasteiger partial charge < -0.3 is 9.04 Å². The largest absolute Gasteiger partial charge is 0.741 e. The van der Waals surface area contributed by atoms with Crippen LogP contribution in [-0.4, -0.2) is 54.4 Å². The summed E-state index contributed by atoms with van der Waals surface area (Å²) >= 11 is 4.54. The SMILES string of the molecule is C[N+]12CCCC1CC(S)C2.O=S(=O)([O-])C(F)(F)F. The standard InChI is InChI=1S/C8H15NS.CHF3O3S/c1-9-4-2-3-7(9)5-8(10)6-9;2-1(3,4)8(5,6)7/h7-8H,2-6H2,1H3;(H,5,6,7). The van der Waals surface area contributed by atoms with Gasteiger partial charge in [-0.3, -0.25) is 0 Å². The fraction of sp³-hybridized carbons (Fsp3) is 1.00. The Kier molecular flexibility index (Phi) is 4.62. The number of rotatable bonds is 0. The van der Waals surface area contributed by atoms with E-state index in [4.69, 9.17) is 13.0 Å². The summed E-state index contributed by atoms with van der Waals surface area (Å²) in [6.45, 7) is 2.72. The van der Waals surface area contributed by atoms with Gasteiger partial charge in [0.2, 0.25) is 0 Å². The topological polar surface area (TPSA) is 57.2 Å². The monoisotopic (exact) mass is 307 g/mol. The zero-order valence-electron chi connectivity index (χ0n) is 9.85. The van der Waals surface area contributed by atoms with Gasteiger partial charge in [0.25, 0.3) is 0 Å². The van der Waals surface area contributed by atoms with E-state index in [1.807, 2.05) is 0 Å². The Morgan fingerprint density at radius 2 is 1.89 bits per heavy atom. The van der Waals surface area contributed by atoms with E-state index >= 15 is 0 Å². The van der Waals surface area contributed by atoms with E-state index in [1.165, 1.54) is 36.8 Å². The molecule has 0 aromatic rings. The third-order valence-electron chi connectivity index (χ3n) is 3.54. The summed E-state index contributed by atoms with van der Waals surface area (Å²) in [5.41, 5.74) is -5.65. The predicted molar refractivity (Wildman–Crippen MR) is 62.1 cm³/mol. The van der Waals surface area contributed by atoms with Crippen LogP contribution in [0.25, 0.3) is 0 Å². The first-order chi connectivity index (χ1) is 7.96. The lowest BCUT2D eigenvalue weighted by molar-refractivity contribution is -0.908. The fourth-order valence-corrected chi connectivity index (χ4v) is 3.28. The van der Waals surface area contributed by atoms with Gasteiger partial charge in [0, 0.05) is 19.3 Å². The molecule has 108 valence electrons. The smallest absolute Gasteiger partial charge is 0.485 e. The average molecular weight is 307 g/mol. The van der Waals surface area contributed by atoms with Crippen molar-refractivity contribution in [2.24, 2.45) is 0 Å². The zero-order chi connectivity index (χ0) is 14.2. The Balaban J connectivity index is 0.000000187. The highest BCUT2D eigenvalue weighted by atomic mass is 32.2. The Hall–Kier alpha value is 0.01000. The van der Waals surface area contributed by atoms with Crippen molar-refractivity contribution in [3.8, 4) is 0 Å². The second-order valence-electron chi connectivity index (χ2n) is 4.97. The lowest BCUT2D eigenvalue weighted by atomic mass is 10.1. The van der Waals surface area contributed by atoms with Crippen LogP contribution in [0.3, 0.4) is 0 Å². The third-order valence-corrected chi connectivity index (χ3v) is 4.48. The van der Waals surface area contributed by atoms with Gasteiger partial charge >= 0.3 is 5.51 Å². The minimum atomic E-state index is -6.09. The van der Waals surface area contributed by atoms with Gasteiger partial charge in [-0.25, -0.2) is 8.42 Å². The first-order valence-electron chi connectivity index (χ1n) is 5.50. The van der Waals surface area contributed by atoms with Crippen LogP contribution >= 0.6 is 12.6 Å². The van der Waals surface area contributed by atoms with Crippen LogP contribution in [0.5, 0.6) is 0 Å². The molecule has 0 saturated carbocycles. The number of halogens is 3.